The molecule has 0 unspecified atom stereocenters. The molecule has 0 spiro atoms. The third-order valence-corrected chi connectivity index (χ3v) is 1.85. The van der Waals surface area contributed by atoms with Gasteiger partial charge in [0.05, 0.1) is 0 Å². The van der Waals surface area contributed by atoms with E-state index in [1.807, 2.05) is 0 Å². The Morgan fingerprint density at radius 1 is 1.44 bits per heavy atom. The molecule has 6 nitrogen and oxygen atoms in total. The molecule has 2 aromatic heterocycles. The van der Waals surface area contributed by atoms with Crippen LogP contribution in [0, 0.1) is 6.92 Å². The highest BCUT2D eigenvalue weighted by molar-refractivity contribution is 5.91. The zero-order valence-electron chi connectivity index (χ0n) is 8.67. The topological polar surface area (TPSA) is 80.9 Å². The van der Waals surface area contributed by atoms with Crippen LogP contribution in [0.4, 0.5) is 5.69 Å². The lowest BCUT2D eigenvalue weighted by Gasteiger charge is -2.01. The van der Waals surface area contributed by atoms with Gasteiger partial charge in [-0.05, 0) is 19.1 Å². The predicted molar refractivity (Wildman–Crippen MR) is 55.6 cm³/mol. The number of nitrogens with one attached hydrogen (secondary N) is 1. The van der Waals surface area contributed by atoms with E-state index in [0.29, 0.717) is 17.4 Å². The maximum absolute atomic E-state index is 11.5. The molecule has 2 rings (SSSR count). The summed E-state index contributed by atoms with van der Waals surface area (Å²) in [5.41, 5.74) is 0.691. The van der Waals surface area contributed by atoms with Crippen molar-refractivity contribution < 1.29 is 9.32 Å². The lowest BCUT2D eigenvalue weighted by atomic mass is 10.3. The first kappa shape index (κ1) is 10.3. The molecule has 0 fully saturated rings. The number of carbonyl (C=O) groups excluding carboxylic acids is 1. The number of hydrogen-bond donors (Lipinski definition) is 1. The summed E-state index contributed by atoms with van der Waals surface area (Å²) in [6, 6.07) is 3.41. The van der Waals surface area contributed by atoms with Crippen molar-refractivity contribution in [3.8, 4) is 0 Å². The quantitative estimate of drug-likeness (QED) is 0.829. The fourth-order valence-electron chi connectivity index (χ4n) is 1.19. The maximum Gasteiger partial charge on any atom is 0.236 e. The number of amides is 1. The Labute approximate surface area is 91.7 Å². The second kappa shape index (κ2) is 4.52. The summed E-state index contributed by atoms with van der Waals surface area (Å²) in [6.45, 7) is 1.70. The summed E-state index contributed by atoms with van der Waals surface area (Å²) in [6.07, 6.45) is 3.28. The largest absolute Gasteiger partial charge is 0.339 e. The summed E-state index contributed by atoms with van der Waals surface area (Å²) in [4.78, 5) is 19.3. The number of aromatic nitrogens is 3. The number of aryl methyl sites for hydroxylation is 1. The fourth-order valence-corrected chi connectivity index (χ4v) is 1.19. The minimum absolute atomic E-state index is 0.0726. The monoisotopic (exact) mass is 218 g/mol. The van der Waals surface area contributed by atoms with Gasteiger partial charge in [-0.3, -0.25) is 9.78 Å². The third kappa shape index (κ3) is 2.63. The van der Waals surface area contributed by atoms with Crippen molar-refractivity contribution in [1.29, 1.82) is 0 Å². The van der Waals surface area contributed by atoms with E-state index in [1.54, 1.807) is 31.5 Å². The van der Waals surface area contributed by atoms with Gasteiger partial charge >= 0.3 is 0 Å². The van der Waals surface area contributed by atoms with Gasteiger partial charge in [-0.1, -0.05) is 5.16 Å². The van der Waals surface area contributed by atoms with Crippen molar-refractivity contribution in [2.45, 2.75) is 13.3 Å². The Kier molecular flexibility index (Phi) is 2.90. The van der Waals surface area contributed by atoms with E-state index in [1.165, 1.54) is 0 Å². The Balaban J connectivity index is 1.95. The van der Waals surface area contributed by atoms with Gasteiger partial charge in [0.1, 0.15) is 6.42 Å². The zero-order chi connectivity index (χ0) is 11.4. The number of hydrogen-bond acceptors (Lipinski definition) is 5. The van der Waals surface area contributed by atoms with E-state index in [0.717, 1.165) is 0 Å². The zero-order valence-corrected chi connectivity index (χ0v) is 8.67. The summed E-state index contributed by atoms with van der Waals surface area (Å²) in [5.74, 6) is 0.630. The SMILES string of the molecule is Cc1noc(CC(=O)Nc2ccncc2)n1. The van der Waals surface area contributed by atoms with Gasteiger partial charge in [0.25, 0.3) is 0 Å². The number of anilines is 1. The smallest absolute Gasteiger partial charge is 0.236 e. The molecule has 1 amide bonds. The summed E-state index contributed by atoms with van der Waals surface area (Å²) in [7, 11) is 0. The van der Waals surface area contributed by atoms with Crippen LogP contribution in [0.25, 0.3) is 0 Å². The molecule has 0 aliphatic carbocycles. The first-order chi connectivity index (χ1) is 7.74. The van der Waals surface area contributed by atoms with Crippen molar-refractivity contribution in [2.75, 3.05) is 5.32 Å². The molecule has 6 heteroatoms. The average molecular weight is 218 g/mol. The summed E-state index contributed by atoms with van der Waals surface area (Å²) >= 11 is 0. The summed E-state index contributed by atoms with van der Waals surface area (Å²) < 4.78 is 4.84. The highest BCUT2D eigenvalue weighted by Gasteiger charge is 2.09. The number of rotatable bonds is 3. The van der Waals surface area contributed by atoms with Crippen LogP contribution in [0.1, 0.15) is 11.7 Å². The highest BCUT2D eigenvalue weighted by atomic mass is 16.5. The van der Waals surface area contributed by atoms with Gasteiger partial charge in [-0.2, -0.15) is 4.98 Å². The Morgan fingerprint density at radius 3 is 2.81 bits per heavy atom. The molecule has 0 aromatic carbocycles. The van der Waals surface area contributed by atoms with Gasteiger partial charge < -0.3 is 9.84 Å². The first-order valence-corrected chi connectivity index (χ1v) is 4.73. The first-order valence-electron chi connectivity index (χ1n) is 4.73. The van der Waals surface area contributed by atoms with Gasteiger partial charge in [-0.25, -0.2) is 0 Å². The van der Waals surface area contributed by atoms with Crippen molar-refractivity contribution in [1.82, 2.24) is 15.1 Å². The van der Waals surface area contributed by atoms with Crippen molar-refractivity contribution in [3.63, 3.8) is 0 Å². The molecule has 0 radical (unpaired) electrons. The van der Waals surface area contributed by atoms with E-state index in [9.17, 15) is 4.79 Å². The normalized spacial score (nSPS) is 10.1. The van der Waals surface area contributed by atoms with Crippen LogP contribution in [-0.2, 0) is 11.2 Å². The van der Waals surface area contributed by atoms with E-state index >= 15 is 0 Å². The van der Waals surface area contributed by atoms with Crippen LogP contribution in [0.2, 0.25) is 0 Å². The molecule has 0 saturated carbocycles. The van der Waals surface area contributed by atoms with Crippen molar-refractivity contribution in [2.24, 2.45) is 0 Å². The number of nitrogens with zero attached hydrogens (tertiary/aromatic N) is 3. The van der Waals surface area contributed by atoms with Crippen molar-refractivity contribution >= 4 is 11.6 Å². The molecule has 0 atom stereocenters. The standard InChI is InChI=1S/C10H10N4O2/c1-7-12-10(16-14-7)6-9(15)13-8-2-4-11-5-3-8/h2-5H,6H2,1H3,(H,11,13,15). The molecule has 1 N–H and O–H groups in total. The van der Waals surface area contributed by atoms with Crippen LogP contribution in [-0.4, -0.2) is 21.0 Å². The minimum atomic E-state index is -0.199. The summed E-state index contributed by atoms with van der Waals surface area (Å²) in [5, 5.41) is 6.29. The minimum Gasteiger partial charge on any atom is -0.339 e. The van der Waals surface area contributed by atoms with Crippen LogP contribution in [0.15, 0.2) is 29.0 Å². The molecular formula is C10H10N4O2. The van der Waals surface area contributed by atoms with Crippen LogP contribution in [0.3, 0.4) is 0 Å². The predicted octanol–water partition coefficient (Wildman–Crippen LogP) is 0.954. The van der Waals surface area contributed by atoms with Crippen LogP contribution >= 0.6 is 0 Å². The molecule has 0 bridgehead atoms. The molecule has 0 aliphatic heterocycles. The van der Waals surface area contributed by atoms with Gasteiger partial charge in [0.2, 0.25) is 11.8 Å². The van der Waals surface area contributed by atoms with Crippen molar-refractivity contribution in [3.05, 3.63) is 36.2 Å². The second-order valence-corrected chi connectivity index (χ2v) is 3.20. The van der Waals surface area contributed by atoms with Crippen LogP contribution < -0.4 is 5.32 Å². The molecule has 0 aliphatic rings. The second-order valence-electron chi connectivity index (χ2n) is 3.20. The average Bonchev–Trinajstić information content (AvgIpc) is 2.65. The fraction of sp³-hybridized carbons (Fsp3) is 0.200. The molecule has 0 saturated heterocycles. The Hall–Kier alpha value is -2.24. The Morgan fingerprint density at radius 2 is 2.19 bits per heavy atom. The lowest BCUT2D eigenvalue weighted by Crippen LogP contribution is -2.14. The van der Waals surface area contributed by atoms with Gasteiger partial charge in [0, 0.05) is 18.1 Å². The van der Waals surface area contributed by atoms with E-state index in [-0.39, 0.29) is 12.3 Å². The number of pyridine rings is 1. The Bertz CT molecular complexity index is 481. The van der Waals surface area contributed by atoms with Gasteiger partial charge in [-0.15, -0.1) is 0 Å². The molecule has 82 valence electrons. The maximum atomic E-state index is 11.5. The molecule has 2 aromatic rings. The molecule has 2 heterocycles. The van der Waals surface area contributed by atoms with E-state index < -0.39 is 0 Å². The van der Waals surface area contributed by atoms with E-state index in [4.69, 9.17) is 4.52 Å². The van der Waals surface area contributed by atoms with E-state index in [2.05, 4.69) is 20.4 Å². The lowest BCUT2D eigenvalue weighted by molar-refractivity contribution is -0.115. The highest BCUT2D eigenvalue weighted by Crippen LogP contribution is 2.04. The molecule has 16 heavy (non-hydrogen) atoms. The molecular weight excluding hydrogens is 208 g/mol. The van der Waals surface area contributed by atoms with Crippen LogP contribution in [0.5, 0.6) is 0 Å². The van der Waals surface area contributed by atoms with Gasteiger partial charge in [0.15, 0.2) is 5.82 Å². The number of carbonyl (C=O) groups is 1. The third-order valence-electron chi connectivity index (χ3n) is 1.85.